The highest BCUT2D eigenvalue weighted by atomic mass is 16.5. The van der Waals surface area contributed by atoms with Gasteiger partial charge in [0.15, 0.2) is 5.82 Å². The fourth-order valence-electron chi connectivity index (χ4n) is 4.55. The number of nitrogens with zero attached hydrogens (tertiary/aromatic N) is 5. The molecule has 2 saturated heterocycles. The second-order valence-corrected chi connectivity index (χ2v) is 8.30. The van der Waals surface area contributed by atoms with Crippen LogP contribution in [0.4, 0.5) is 5.82 Å². The van der Waals surface area contributed by atoms with Crippen LogP contribution in [0.2, 0.25) is 0 Å². The molecule has 6 nitrogen and oxygen atoms in total. The molecular weight excluding hydrogens is 374 g/mol. The van der Waals surface area contributed by atoms with Crippen LogP contribution in [0, 0.1) is 5.92 Å². The van der Waals surface area contributed by atoms with Gasteiger partial charge in [0.1, 0.15) is 5.82 Å². The van der Waals surface area contributed by atoms with Crippen LogP contribution in [0.3, 0.4) is 0 Å². The topological polar surface area (TPSA) is 54.4 Å². The second-order valence-electron chi connectivity index (χ2n) is 8.30. The van der Waals surface area contributed by atoms with Crippen LogP contribution in [0.25, 0.3) is 22.3 Å². The van der Waals surface area contributed by atoms with Crippen molar-refractivity contribution >= 4 is 16.7 Å². The molecule has 0 spiro atoms. The highest BCUT2D eigenvalue weighted by Gasteiger charge is 2.23. The van der Waals surface area contributed by atoms with Crippen molar-refractivity contribution in [3.8, 4) is 11.4 Å². The summed E-state index contributed by atoms with van der Waals surface area (Å²) in [5.74, 6) is 2.65. The van der Waals surface area contributed by atoms with Crippen molar-refractivity contribution in [2.45, 2.75) is 19.3 Å². The van der Waals surface area contributed by atoms with Gasteiger partial charge in [0.25, 0.3) is 0 Å². The Morgan fingerprint density at radius 3 is 2.47 bits per heavy atom. The van der Waals surface area contributed by atoms with Crippen LogP contribution >= 0.6 is 0 Å². The lowest BCUT2D eigenvalue weighted by atomic mass is 9.93. The van der Waals surface area contributed by atoms with E-state index in [1.807, 2.05) is 18.2 Å². The van der Waals surface area contributed by atoms with Crippen LogP contribution in [-0.2, 0) is 4.74 Å². The molecule has 0 bridgehead atoms. The zero-order valence-electron chi connectivity index (χ0n) is 17.4. The zero-order valence-corrected chi connectivity index (χ0v) is 17.4. The average molecular weight is 404 g/mol. The Labute approximate surface area is 177 Å². The Balaban J connectivity index is 1.31. The zero-order chi connectivity index (χ0) is 20.2. The van der Waals surface area contributed by atoms with E-state index in [0.29, 0.717) is 0 Å². The second kappa shape index (κ2) is 9.06. The molecule has 2 fully saturated rings. The molecule has 2 aliphatic heterocycles. The van der Waals surface area contributed by atoms with E-state index in [0.717, 1.165) is 73.4 Å². The maximum Gasteiger partial charge on any atom is 0.162 e. The molecule has 4 heterocycles. The summed E-state index contributed by atoms with van der Waals surface area (Å²) < 4.78 is 5.47. The molecule has 0 saturated carbocycles. The maximum absolute atomic E-state index is 5.47. The molecule has 2 aromatic heterocycles. The summed E-state index contributed by atoms with van der Waals surface area (Å²) in [4.78, 5) is 19.0. The van der Waals surface area contributed by atoms with E-state index in [1.54, 1.807) is 12.4 Å². The molecule has 30 heavy (non-hydrogen) atoms. The summed E-state index contributed by atoms with van der Waals surface area (Å²) in [5, 5.41) is 1.14. The van der Waals surface area contributed by atoms with Crippen molar-refractivity contribution < 1.29 is 4.74 Å². The number of hydrogen-bond donors (Lipinski definition) is 0. The third kappa shape index (κ3) is 4.30. The third-order valence-corrected chi connectivity index (χ3v) is 6.39. The first-order valence-electron chi connectivity index (χ1n) is 11.1. The van der Waals surface area contributed by atoms with Gasteiger partial charge in [-0.05, 0) is 56.0 Å². The first-order chi connectivity index (χ1) is 14.9. The lowest BCUT2D eigenvalue weighted by molar-refractivity contribution is 0.0349. The third-order valence-electron chi connectivity index (χ3n) is 6.39. The van der Waals surface area contributed by atoms with Gasteiger partial charge in [-0.2, -0.15) is 0 Å². The summed E-state index contributed by atoms with van der Waals surface area (Å²) in [7, 11) is 0. The maximum atomic E-state index is 5.47. The lowest BCUT2D eigenvalue weighted by Crippen LogP contribution is -2.39. The Bertz CT molecular complexity index is 966. The van der Waals surface area contributed by atoms with Gasteiger partial charge in [-0.15, -0.1) is 0 Å². The molecule has 3 aromatic rings. The predicted molar refractivity (Wildman–Crippen MR) is 120 cm³/mol. The minimum absolute atomic E-state index is 0.778. The van der Waals surface area contributed by atoms with Gasteiger partial charge in [-0.25, -0.2) is 9.97 Å². The molecule has 6 heteroatoms. The van der Waals surface area contributed by atoms with Gasteiger partial charge in [0.05, 0.1) is 18.7 Å². The standard InChI is InChI=1S/C24H29N5O/c1-2-4-22-21(3-1)24(27-23(26-22)20-5-10-25-11-6-20)29-13-8-19(9-14-29)7-12-28-15-17-30-18-16-28/h1-6,10-11,19H,7-9,12-18H2. The largest absolute Gasteiger partial charge is 0.379 e. The molecule has 2 aliphatic rings. The molecule has 5 rings (SSSR count). The van der Waals surface area contributed by atoms with Crippen LogP contribution in [0.5, 0.6) is 0 Å². The van der Waals surface area contributed by atoms with Crippen molar-refractivity contribution in [2.75, 3.05) is 50.8 Å². The van der Waals surface area contributed by atoms with Gasteiger partial charge in [0, 0.05) is 49.5 Å². The molecular formula is C24H29N5O. The van der Waals surface area contributed by atoms with E-state index >= 15 is 0 Å². The number of morpholine rings is 1. The summed E-state index contributed by atoms with van der Waals surface area (Å²) in [6.45, 7) is 7.27. The van der Waals surface area contributed by atoms with E-state index in [2.05, 4.69) is 33.0 Å². The number of aromatic nitrogens is 3. The normalized spacial score (nSPS) is 18.7. The van der Waals surface area contributed by atoms with Crippen LogP contribution < -0.4 is 4.90 Å². The summed E-state index contributed by atoms with van der Waals surface area (Å²) >= 11 is 0. The first-order valence-corrected chi connectivity index (χ1v) is 11.1. The number of ether oxygens (including phenoxy) is 1. The minimum atomic E-state index is 0.778. The van der Waals surface area contributed by atoms with Crippen molar-refractivity contribution in [1.29, 1.82) is 0 Å². The lowest BCUT2D eigenvalue weighted by Gasteiger charge is -2.35. The Kier molecular flexibility index (Phi) is 5.86. The Hall–Kier alpha value is -2.57. The smallest absolute Gasteiger partial charge is 0.162 e. The van der Waals surface area contributed by atoms with E-state index in [-0.39, 0.29) is 0 Å². The summed E-state index contributed by atoms with van der Waals surface area (Å²) in [5.41, 5.74) is 2.01. The number of rotatable bonds is 5. The van der Waals surface area contributed by atoms with E-state index in [1.165, 1.54) is 25.8 Å². The van der Waals surface area contributed by atoms with Crippen molar-refractivity contribution in [3.63, 3.8) is 0 Å². The Morgan fingerprint density at radius 1 is 0.900 bits per heavy atom. The fraction of sp³-hybridized carbons (Fsp3) is 0.458. The van der Waals surface area contributed by atoms with E-state index < -0.39 is 0 Å². The van der Waals surface area contributed by atoms with Crippen LogP contribution in [0.15, 0.2) is 48.8 Å². The van der Waals surface area contributed by atoms with Gasteiger partial charge in [-0.1, -0.05) is 12.1 Å². The van der Waals surface area contributed by atoms with Gasteiger partial charge in [0.2, 0.25) is 0 Å². The highest BCUT2D eigenvalue weighted by molar-refractivity contribution is 5.91. The van der Waals surface area contributed by atoms with Crippen molar-refractivity contribution in [3.05, 3.63) is 48.8 Å². The molecule has 1 aromatic carbocycles. The molecule has 0 atom stereocenters. The summed E-state index contributed by atoms with van der Waals surface area (Å²) in [6.07, 6.45) is 7.35. The number of piperidine rings is 1. The van der Waals surface area contributed by atoms with Crippen LogP contribution in [0.1, 0.15) is 19.3 Å². The molecule has 0 unspecified atom stereocenters. The predicted octanol–water partition coefficient (Wildman–Crippen LogP) is 3.63. The number of fused-ring (bicyclic) bond motifs is 1. The minimum Gasteiger partial charge on any atom is -0.379 e. The molecule has 0 N–H and O–H groups in total. The van der Waals surface area contributed by atoms with Crippen molar-refractivity contribution in [1.82, 2.24) is 19.9 Å². The monoisotopic (exact) mass is 403 g/mol. The quantitative estimate of drug-likeness (QED) is 0.648. The average Bonchev–Trinajstić information content (AvgIpc) is 2.83. The molecule has 0 radical (unpaired) electrons. The number of benzene rings is 1. The molecule has 0 amide bonds. The molecule has 0 aliphatic carbocycles. The van der Waals surface area contributed by atoms with Crippen molar-refractivity contribution in [2.24, 2.45) is 5.92 Å². The number of para-hydroxylation sites is 1. The SMILES string of the molecule is c1ccc2c(N3CCC(CCN4CCOCC4)CC3)nc(-c3ccncc3)nc2c1. The summed E-state index contributed by atoms with van der Waals surface area (Å²) in [6, 6.07) is 12.3. The number of anilines is 1. The van der Waals surface area contributed by atoms with Gasteiger partial charge >= 0.3 is 0 Å². The van der Waals surface area contributed by atoms with Crippen LogP contribution in [-0.4, -0.2) is 65.8 Å². The van der Waals surface area contributed by atoms with Gasteiger partial charge < -0.3 is 9.64 Å². The number of pyridine rings is 1. The highest BCUT2D eigenvalue weighted by Crippen LogP contribution is 2.31. The number of hydrogen-bond acceptors (Lipinski definition) is 6. The molecule has 156 valence electrons. The van der Waals surface area contributed by atoms with E-state index in [4.69, 9.17) is 14.7 Å². The first kappa shape index (κ1) is 19.4. The fourth-order valence-corrected chi connectivity index (χ4v) is 4.55. The Morgan fingerprint density at radius 2 is 1.67 bits per heavy atom. The van der Waals surface area contributed by atoms with Gasteiger partial charge in [-0.3, -0.25) is 9.88 Å². The van der Waals surface area contributed by atoms with E-state index in [9.17, 15) is 0 Å².